The first-order valence-electron chi connectivity index (χ1n) is 12.2. The lowest BCUT2D eigenvalue weighted by Crippen LogP contribution is -2.35. The van der Waals surface area contributed by atoms with Crippen LogP contribution in [0, 0.1) is 35.0 Å². The summed E-state index contributed by atoms with van der Waals surface area (Å²) in [5, 5.41) is 10.0. The SMILES string of the molecule is C=C1CCC(O)CC1=CC=C1CCC[C@@]2(C)C1CCC2C(C)C=CC(C)C(C)C. The number of hydrogen-bond acceptors (Lipinski definition) is 1. The lowest BCUT2D eigenvalue weighted by molar-refractivity contribution is 0.112. The molecule has 0 aliphatic heterocycles. The minimum Gasteiger partial charge on any atom is -0.393 e. The number of fused-ring (bicyclic) bond motifs is 1. The van der Waals surface area contributed by atoms with Crippen LogP contribution < -0.4 is 0 Å². The molecule has 0 aromatic heterocycles. The maximum Gasteiger partial charge on any atom is 0.0583 e. The van der Waals surface area contributed by atoms with Crippen molar-refractivity contribution in [3.8, 4) is 0 Å². The van der Waals surface area contributed by atoms with Crippen molar-refractivity contribution in [1.82, 2.24) is 0 Å². The Morgan fingerprint density at radius 3 is 2.52 bits per heavy atom. The molecule has 1 nitrogen and oxygen atoms in total. The highest BCUT2D eigenvalue weighted by atomic mass is 16.3. The number of aliphatic hydroxyl groups is 1. The molecule has 3 rings (SSSR count). The van der Waals surface area contributed by atoms with E-state index < -0.39 is 0 Å². The molecule has 0 aromatic rings. The summed E-state index contributed by atoms with van der Waals surface area (Å²) in [6.07, 6.45) is 18.8. The first-order chi connectivity index (χ1) is 13.7. The van der Waals surface area contributed by atoms with Crippen molar-refractivity contribution in [2.45, 2.75) is 92.1 Å². The van der Waals surface area contributed by atoms with E-state index >= 15 is 0 Å². The molecule has 0 amide bonds. The zero-order valence-electron chi connectivity index (χ0n) is 19.6. The van der Waals surface area contributed by atoms with Gasteiger partial charge < -0.3 is 5.11 Å². The molecule has 1 heteroatoms. The van der Waals surface area contributed by atoms with Gasteiger partial charge in [0, 0.05) is 0 Å². The van der Waals surface area contributed by atoms with E-state index in [1.165, 1.54) is 43.3 Å². The average molecular weight is 397 g/mol. The Hall–Kier alpha value is -1.08. The highest BCUT2D eigenvalue weighted by Gasteiger charge is 2.50. The normalized spacial score (nSPS) is 38.2. The second-order valence-corrected chi connectivity index (χ2v) is 10.9. The van der Waals surface area contributed by atoms with E-state index in [0.717, 1.165) is 37.0 Å². The van der Waals surface area contributed by atoms with E-state index in [4.69, 9.17) is 0 Å². The Balaban J connectivity index is 1.75. The van der Waals surface area contributed by atoms with Crippen molar-refractivity contribution in [3.63, 3.8) is 0 Å². The first kappa shape index (κ1) is 22.6. The third kappa shape index (κ3) is 4.98. The van der Waals surface area contributed by atoms with E-state index in [-0.39, 0.29) is 6.10 Å². The van der Waals surface area contributed by atoms with Crippen LogP contribution >= 0.6 is 0 Å². The fourth-order valence-electron chi connectivity index (χ4n) is 6.25. The molecule has 3 aliphatic rings. The molecule has 0 heterocycles. The number of hydrogen-bond donors (Lipinski definition) is 1. The Morgan fingerprint density at radius 2 is 1.79 bits per heavy atom. The lowest BCUT2D eigenvalue weighted by Gasteiger charge is -2.44. The minimum absolute atomic E-state index is 0.182. The largest absolute Gasteiger partial charge is 0.393 e. The molecular weight excluding hydrogens is 352 g/mol. The lowest BCUT2D eigenvalue weighted by atomic mass is 9.61. The highest BCUT2D eigenvalue weighted by Crippen LogP contribution is 2.59. The van der Waals surface area contributed by atoms with Crippen LogP contribution in [0.5, 0.6) is 0 Å². The Kier molecular flexibility index (Phi) is 7.31. The molecule has 162 valence electrons. The third-order valence-electron chi connectivity index (χ3n) is 8.63. The number of aliphatic hydroxyl groups excluding tert-OH is 1. The van der Waals surface area contributed by atoms with Crippen LogP contribution in [0.3, 0.4) is 0 Å². The average Bonchev–Trinajstić information content (AvgIpc) is 3.04. The van der Waals surface area contributed by atoms with Gasteiger partial charge in [-0.25, -0.2) is 0 Å². The van der Waals surface area contributed by atoms with Gasteiger partial charge in [0.15, 0.2) is 0 Å². The molecule has 0 saturated heterocycles. The zero-order chi connectivity index (χ0) is 21.2. The van der Waals surface area contributed by atoms with E-state index in [1.54, 1.807) is 5.57 Å². The molecule has 5 unspecified atom stereocenters. The Labute approximate surface area is 180 Å². The molecule has 6 atom stereocenters. The second kappa shape index (κ2) is 9.38. The molecule has 3 fully saturated rings. The predicted molar refractivity (Wildman–Crippen MR) is 126 cm³/mol. The summed E-state index contributed by atoms with van der Waals surface area (Å²) in [4.78, 5) is 0. The smallest absolute Gasteiger partial charge is 0.0583 e. The van der Waals surface area contributed by atoms with Crippen molar-refractivity contribution >= 4 is 0 Å². The minimum atomic E-state index is -0.182. The summed E-state index contributed by atoms with van der Waals surface area (Å²) >= 11 is 0. The molecule has 1 N–H and O–H groups in total. The van der Waals surface area contributed by atoms with Crippen LogP contribution in [0.1, 0.15) is 86.0 Å². The van der Waals surface area contributed by atoms with Crippen LogP contribution in [-0.2, 0) is 0 Å². The summed E-state index contributed by atoms with van der Waals surface area (Å²) in [6.45, 7) is 16.3. The van der Waals surface area contributed by atoms with E-state index in [0.29, 0.717) is 17.3 Å². The van der Waals surface area contributed by atoms with Gasteiger partial charge in [0.2, 0.25) is 0 Å². The predicted octanol–water partition coefficient (Wildman–Crippen LogP) is 7.64. The molecule has 3 aliphatic carbocycles. The van der Waals surface area contributed by atoms with Gasteiger partial charge in [-0.3, -0.25) is 0 Å². The summed E-state index contributed by atoms with van der Waals surface area (Å²) in [5.41, 5.74) is 4.61. The van der Waals surface area contributed by atoms with E-state index in [9.17, 15) is 5.11 Å². The van der Waals surface area contributed by atoms with E-state index in [1.807, 2.05) is 0 Å². The summed E-state index contributed by atoms with van der Waals surface area (Å²) < 4.78 is 0. The fraction of sp³-hybridized carbons (Fsp3) is 0.714. The number of rotatable bonds is 5. The van der Waals surface area contributed by atoms with Gasteiger partial charge in [-0.15, -0.1) is 0 Å². The van der Waals surface area contributed by atoms with Crippen molar-refractivity contribution < 1.29 is 5.11 Å². The zero-order valence-corrected chi connectivity index (χ0v) is 19.6. The Bertz CT molecular complexity index is 678. The molecule has 0 radical (unpaired) electrons. The van der Waals surface area contributed by atoms with Crippen molar-refractivity contribution in [2.75, 3.05) is 0 Å². The number of allylic oxidation sites excluding steroid dienone is 6. The summed E-state index contributed by atoms with van der Waals surface area (Å²) in [5.74, 6) is 3.58. The maximum absolute atomic E-state index is 10.0. The third-order valence-corrected chi connectivity index (χ3v) is 8.63. The van der Waals surface area contributed by atoms with Crippen LogP contribution in [0.4, 0.5) is 0 Å². The van der Waals surface area contributed by atoms with Gasteiger partial charge in [0.05, 0.1) is 6.10 Å². The van der Waals surface area contributed by atoms with Gasteiger partial charge in [-0.1, -0.05) is 76.6 Å². The van der Waals surface area contributed by atoms with Crippen LogP contribution in [0.25, 0.3) is 0 Å². The summed E-state index contributed by atoms with van der Waals surface area (Å²) in [6, 6.07) is 0. The van der Waals surface area contributed by atoms with Crippen molar-refractivity contribution in [2.24, 2.45) is 35.0 Å². The highest BCUT2D eigenvalue weighted by molar-refractivity contribution is 5.36. The molecule has 0 bridgehead atoms. The first-order valence-corrected chi connectivity index (χ1v) is 12.2. The van der Waals surface area contributed by atoms with Gasteiger partial charge in [0.1, 0.15) is 0 Å². The van der Waals surface area contributed by atoms with Crippen LogP contribution in [0.15, 0.2) is 47.6 Å². The molecule has 0 spiro atoms. The molecule has 3 saturated carbocycles. The summed E-state index contributed by atoms with van der Waals surface area (Å²) in [7, 11) is 0. The molecule has 29 heavy (non-hydrogen) atoms. The monoisotopic (exact) mass is 396 g/mol. The van der Waals surface area contributed by atoms with Crippen LogP contribution in [-0.4, -0.2) is 11.2 Å². The van der Waals surface area contributed by atoms with Gasteiger partial charge in [0.25, 0.3) is 0 Å². The Morgan fingerprint density at radius 1 is 1.03 bits per heavy atom. The van der Waals surface area contributed by atoms with Crippen molar-refractivity contribution in [1.29, 1.82) is 0 Å². The second-order valence-electron chi connectivity index (χ2n) is 10.9. The molecule has 0 aromatic carbocycles. The topological polar surface area (TPSA) is 20.2 Å². The van der Waals surface area contributed by atoms with Gasteiger partial charge >= 0.3 is 0 Å². The van der Waals surface area contributed by atoms with Gasteiger partial charge in [-0.2, -0.15) is 0 Å². The van der Waals surface area contributed by atoms with Crippen molar-refractivity contribution in [3.05, 3.63) is 47.6 Å². The molecular formula is C28H44O. The van der Waals surface area contributed by atoms with Crippen LogP contribution in [0.2, 0.25) is 0 Å². The van der Waals surface area contributed by atoms with E-state index in [2.05, 4.69) is 65.5 Å². The standard InChI is InChI=1S/C28H44O/c1-19(2)20(3)9-10-22(5)26-15-16-27-23(8-7-17-28(26,27)6)12-13-24-18-25(29)14-11-21(24)4/h9-10,12-13,19-20,22,25-27,29H,4,7-8,11,14-18H2,1-3,5-6H3/t20?,22?,25?,26?,27?,28-/m1/s1. The quantitative estimate of drug-likeness (QED) is 0.473. The maximum atomic E-state index is 10.0. The van der Waals surface area contributed by atoms with Gasteiger partial charge in [-0.05, 0) is 91.9 Å². The fourth-order valence-corrected chi connectivity index (χ4v) is 6.25.